The molecule has 0 aromatic carbocycles. The van der Waals surface area contributed by atoms with Gasteiger partial charge >= 0.3 is 12.2 Å². The Bertz CT molecular complexity index is 635. The summed E-state index contributed by atoms with van der Waals surface area (Å²) in [5.41, 5.74) is -1.02. The van der Waals surface area contributed by atoms with Gasteiger partial charge in [0.05, 0.1) is 0 Å². The summed E-state index contributed by atoms with van der Waals surface area (Å²) in [4.78, 5) is 39.5. The van der Waals surface area contributed by atoms with Gasteiger partial charge in [0.1, 0.15) is 18.6 Å². The molecule has 0 aromatic heterocycles. The quantitative estimate of drug-likeness (QED) is 0.735. The van der Waals surface area contributed by atoms with Crippen molar-refractivity contribution in [3.63, 3.8) is 0 Å². The zero-order chi connectivity index (χ0) is 20.0. The molecule has 27 heavy (non-hydrogen) atoms. The molecule has 2 aliphatic carbocycles. The Kier molecular flexibility index (Phi) is 5.16. The number of hydrogen-bond donors (Lipinski definition) is 1. The van der Waals surface area contributed by atoms with Gasteiger partial charge in [-0.3, -0.25) is 14.5 Å². The van der Waals surface area contributed by atoms with Crippen LogP contribution < -0.4 is 5.32 Å². The van der Waals surface area contributed by atoms with E-state index in [1.165, 1.54) is 0 Å². The number of imide groups is 1. The molecule has 0 aromatic rings. The Morgan fingerprint density at radius 2 is 1.96 bits per heavy atom. The van der Waals surface area contributed by atoms with Crippen LogP contribution in [-0.4, -0.2) is 58.5 Å². The zero-order valence-corrected chi connectivity index (χ0v) is 15.6. The van der Waals surface area contributed by atoms with Gasteiger partial charge in [-0.25, -0.2) is 4.79 Å². The van der Waals surface area contributed by atoms with Crippen molar-refractivity contribution in [1.82, 2.24) is 15.1 Å². The minimum Gasteiger partial charge on any atom is -0.329 e. The van der Waals surface area contributed by atoms with Crippen LogP contribution in [0.4, 0.5) is 18.0 Å². The molecule has 6 nitrogen and oxygen atoms in total. The van der Waals surface area contributed by atoms with Crippen molar-refractivity contribution in [2.24, 2.45) is 11.8 Å². The molecule has 0 radical (unpaired) electrons. The lowest BCUT2D eigenvalue weighted by molar-refractivity contribution is -0.166. The van der Waals surface area contributed by atoms with E-state index in [4.69, 9.17) is 0 Å². The number of carbonyl (C=O) groups excluding carboxylic acids is 3. The van der Waals surface area contributed by atoms with Crippen LogP contribution in [0.2, 0.25) is 0 Å². The monoisotopic (exact) mass is 389 g/mol. The molecule has 3 atom stereocenters. The minimum absolute atomic E-state index is 0.0455. The van der Waals surface area contributed by atoms with Crippen molar-refractivity contribution < 1.29 is 27.6 Å². The van der Waals surface area contributed by atoms with E-state index in [-0.39, 0.29) is 11.8 Å². The summed E-state index contributed by atoms with van der Waals surface area (Å²) in [6.07, 6.45) is 0.0650. The van der Waals surface area contributed by atoms with E-state index in [1.54, 1.807) is 6.92 Å². The van der Waals surface area contributed by atoms with Gasteiger partial charge in [0.15, 0.2) is 0 Å². The average Bonchev–Trinajstić information content (AvgIpc) is 3.39. The molecule has 1 saturated heterocycles. The minimum atomic E-state index is -4.53. The third-order valence-corrected chi connectivity index (χ3v) is 6.26. The SMILES string of the molecule is C[C@@H]1CCCC[C@]12NC(=O)N(CC(=O)N(CC(F)(F)F)[C@@H](C)C1CC1)C2=O. The zero-order valence-electron chi connectivity index (χ0n) is 15.6. The summed E-state index contributed by atoms with van der Waals surface area (Å²) in [6, 6.07) is -1.25. The molecule has 152 valence electrons. The number of alkyl halides is 3. The predicted molar refractivity (Wildman–Crippen MR) is 90.6 cm³/mol. The molecule has 1 spiro atoms. The maximum atomic E-state index is 13.0. The van der Waals surface area contributed by atoms with Gasteiger partial charge in [0.25, 0.3) is 5.91 Å². The topological polar surface area (TPSA) is 69.7 Å². The van der Waals surface area contributed by atoms with E-state index in [1.807, 2.05) is 6.92 Å². The fourth-order valence-electron chi connectivity index (χ4n) is 4.35. The first kappa shape index (κ1) is 19.9. The Morgan fingerprint density at radius 1 is 1.30 bits per heavy atom. The number of nitrogens with one attached hydrogen (secondary N) is 1. The van der Waals surface area contributed by atoms with Crippen molar-refractivity contribution >= 4 is 17.8 Å². The van der Waals surface area contributed by atoms with Gasteiger partial charge in [-0.1, -0.05) is 19.8 Å². The van der Waals surface area contributed by atoms with E-state index in [9.17, 15) is 27.6 Å². The highest BCUT2D eigenvalue weighted by atomic mass is 19.4. The van der Waals surface area contributed by atoms with Crippen LogP contribution in [-0.2, 0) is 9.59 Å². The van der Waals surface area contributed by atoms with E-state index in [0.29, 0.717) is 6.42 Å². The molecule has 9 heteroatoms. The Hall–Kier alpha value is -1.80. The van der Waals surface area contributed by atoms with E-state index in [2.05, 4.69) is 5.32 Å². The van der Waals surface area contributed by atoms with Crippen molar-refractivity contribution in [2.75, 3.05) is 13.1 Å². The van der Waals surface area contributed by atoms with Crippen LogP contribution in [0.1, 0.15) is 52.4 Å². The number of hydrogen-bond acceptors (Lipinski definition) is 3. The maximum Gasteiger partial charge on any atom is 0.406 e. The molecule has 0 unspecified atom stereocenters. The van der Waals surface area contributed by atoms with Gasteiger partial charge in [-0.15, -0.1) is 0 Å². The molecule has 3 fully saturated rings. The molecule has 2 saturated carbocycles. The third kappa shape index (κ3) is 3.91. The van der Waals surface area contributed by atoms with Gasteiger partial charge < -0.3 is 10.2 Å². The summed E-state index contributed by atoms with van der Waals surface area (Å²) in [5.74, 6) is -1.35. The lowest BCUT2D eigenvalue weighted by Crippen LogP contribution is -2.54. The number of nitrogens with zero attached hydrogens (tertiary/aromatic N) is 2. The smallest absolute Gasteiger partial charge is 0.329 e. The van der Waals surface area contributed by atoms with Gasteiger partial charge in [-0.05, 0) is 44.4 Å². The standard InChI is InChI=1S/C18H26F3N3O3/c1-11-5-3-4-8-17(11)15(26)23(16(27)22-17)9-14(25)24(10-18(19,20)21)12(2)13-6-7-13/h11-13H,3-10H2,1-2H3,(H,22,27)/t11-,12+,17+/m1/s1. The molecule has 4 amide bonds. The Labute approximate surface area is 156 Å². The molecule has 0 bridgehead atoms. The highest BCUT2D eigenvalue weighted by Crippen LogP contribution is 2.39. The van der Waals surface area contributed by atoms with Crippen LogP contribution in [0.25, 0.3) is 0 Å². The summed E-state index contributed by atoms with van der Waals surface area (Å²) in [5, 5.41) is 2.72. The largest absolute Gasteiger partial charge is 0.406 e. The lowest BCUT2D eigenvalue weighted by atomic mass is 9.73. The summed E-state index contributed by atoms with van der Waals surface area (Å²) in [6.45, 7) is 1.46. The number of carbonyl (C=O) groups is 3. The summed E-state index contributed by atoms with van der Waals surface area (Å²) < 4.78 is 38.9. The highest BCUT2D eigenvalue weighted by molar-refractivity contribution is 6.09. The normalized spacial score (nSPS) is 29.8. The Morgan fingerprint density at radius 3 is 2.52 bits per heavy atom. The first-order valence-corrected chi connectivity index (χ1v) is 9.55. The first-order chi connectivity index (χ1) is 12.5. The number of urea groups is 1. The average molecular weight is 389 g/mol. The second kappa shape index (κ2) is 6.98. The van der Waals surface area contributed by atoms with Crippen molar-refractivity contribution in [3.05, 3.63) is 0 Å². The number of amides is 4. The van der Waals surface area contributed by atoms with E-state index < -0.39 is 48.7 Å². The number of halogens is 3. The van der Waals surface area contributed by atoms with E-state index in [0.717, 1.165) is 41.9 Å². The predicted octanol–water partition coefficient (Wildman–Crippen LogP) is 2.68. The summed E-state index contributed by atoms with van der Waals surface area (Å²) in [7, 11) is 0. The van der Waals surface area contributed by atoms with Crippen LogP contribution in [0.3, 0.4) is 0 Å². The summed E-state index contributed by atoms with van der Waals surface area (Å²) >= 11 is 0. The van der Waals surface area contributed by atoms with Crippen LogP contribution in [0.15, 0.2) is 0 Å². The Balaban J connectivity index is 1.74. The second-order valence-electron chi connectivity index (χ2n) is 8.15. The molecule has 3 rings (SSSR count). The highest BCUT2D eigenvalue weighted by Gasteiger charge is 2.55. The van der Waals surface area contributed by atoms with Gasteiger partial charge in [-0.2, -0.15) is 13.2 Å². The fraction of sp³-hybridized carbons (Fsp3) is 0.833. The van der Waals surface area contributed by atoms with Crippen molar-refractivity contribution in [2.45, 2.75) is 70.1 Å². The molecule has 3 aliphatic rings. The molecular weight excluding hydrogens is 363 g/mol. The second-order valence-corrected chi connectivity index (χ2v) is 8.15. The van der Waals surface area contributed by atoms with E-state index >= 15 is 0 Å². The van der Waals surface area contributed by atoms with Crippen molar-refractivity contribution in [1.29, 1.82) is 0 Å². The lowest BCUT2D eigenvalue weighted by Gasteiger charge is -2.37. The fourth-order valence-corrected chi connectivity index (χ4v) is 4.35. The molecule has 1 aliphatic heterocycles. The molecule has 1 heterocycles. The van der Waals surface area contributed by atoms with Crippen molar-refractivity contribution in [3.8, 4) is 0 Å². The van der Waals surface area contributed by atoms with Gasteiger partial charge in [0.2, 0.25) is 5.91 Å². The van der Waals surface area contributed by atoms with Gasteiger partial charge in [0, 0.05) is 6.04 Å². The van der Waals surface area contributed by atoms with Crippen LogP contribution in [0.5, 0.6) is 0 Å². The maximum absolute atomic E-state index is 13.0. The van der Waals surface area contributed by atoms with Crippen LogP contribution >= 0.6 is 0 Å². The first-order valence-electron chi connectivity index (χ1n) is 9.55. The third-order valence-electron chi connectivity index (χ3n) is 6.26. The molecule has 1 N–H and O–H groups in total. The molecular formula is C18H26F3N3O3. The van der Waals surface area contributed by atoms with Crippen LogP contribution in [0, 0.1) is 11.8 Å². The number of rotatable bonds is 5.